The Kier molecular flexibility index (Phi) is 2.70. The Balaban J connectivity index is 2.34. The Hall–Kier alpha value is -0.650. The van der Waals surface area contributed by atoms with Crippen molar-refractivity contribution in [2.24, 2.45) is 5.41 Å². The first kappa shape index (κ1) is 10.9. The zero-order chi connectivity index (χ0) is 11.1. The van der Waals surface area contributed by atoms with E-state index in [9.17, 15) is 0 Å². The quantitative estimate of drug-likeness (QED) is 0.669. The Morgan fingerprint density at radius 3 is 2.07 bits per heavy atom. The van der Waals surface area contributed by atoms with Crippen molar-refractivity contribution in [1.82, 2.24) is 0 Å². The van der Waals surface area contributed by atoms with Crippen LogP contribution in [0.2, 0.25) is 0 Å². The third kappa shape index (κ3) is 2.00. The Bertz CT molecular complexity index is 387. The van der Waals surface area contributed by atoms with Gasteiger partial charge in [0.15, 0.2) is 0 Å². The molecule has 0 saturated carbocycles. The van der Waals surface area contributed by atoms with Gasteiger partial charge < -0.3 is 4.52 Å². The highest BCUT2D eigenvalue weighted by Gasteiger charge is 2.44. The fraction of sp³-hybridized carbons (Fsp3) is 0.385. The van der Waals surface area contributed by atoms with Gasteiger partial charge in [0, 0.05) is 17.7 Å². The van der Waals surface area contributed by atoms with Crippen molar-refractivity contribution in [3.8, 4) is 0 Å². The maximum atomic E-state index is 5.56. The molecule has 0 spiro atoms. The van der Waals surface area contributed by atoms with E-state index < -0.39 is 8.15 Å². The zero-order valence-electron chi connectivity index (χ0n) is 9.74. The van der Waals surface area contributed by atoms with Crippen molar-refractivity contribution < 1.29 is 4.52 Å². The SMILES string of the molecule is CO[P@@]1C(c2ccccc2)=C1C(C)(C)C. The summed E-state index contributed by atoms with van der Waals surface area (Å²) in [7, 11) is 1.41. The van der Waals surface area contributed by atoms with Gasteiger partial charge in [-0.2, -0.15) is 0 Å². The third-order valence-corrected chi connectivity index (χ3v) is 4.85. The summed E-state index contributed by atoms with van der Waals surface area (Å²) in [5.74, 6) is 0. The first-order chi connectivity index (χ1) is 7.05. The van der Waals surface area contributed by atoms with Crippen LogP contribution in [-0.2, 0) is 4.52 Å². The molecular weight excluding hydrogens is 203 g/mol. The Labute approximate surface area is 93.0 Å². The maximum Gasteiger partial charge on any atom is 0.0895 e. The fourth-order valence-electron chi connectivity index (χ4n) is 1.84. The van der Waals surface area contributed by atoms with Crippen LogP contribution in [0.3, 0.4) is 0 Å². The molecule has 1 aromatic carbocycles. The molecule has 0 bridgehead atoms. The summed E-state index contributed by atoms with van der Waals surface area (Å²) >= 11 is 0. The average molecular weight is 220 g/mol. The second kappa shape index (κ2) is 3.73. The molecule has 2 heteroatoms. The molecule has 80 valence electrons. The molecule has 1 atom stereocenters. The summed E-state index contributed by atoms with van der Waals surface area (Å²) in [5.41, 5.74) is 1.57. The molecule has 0 fully saturated rings. The lowest BCUT2D eigenvalue weighted by molar-refractivity contribution is 0.465. The standard InChI is InChI=1S/C13H17OP/c1-13(2,3)12-11(15(12)14-4)10-8-6-5-7-9-10/h5-9H,1-4H3/t15-/m0/s1. The highest BCUT2D eigenvalue weighted by Crippen LogP contribution is 2.78. The number of hydrogen-bond donors (Lipinski definition) is 0. The van der Waals surface area contributed by atoms with E-state index in [4.69, 9.17) is 4.52 Å². The van der Waals surface area contributed by atoms with E-state index in [2.05, 4.69) is 51.1 Å². The molecule has 0 aliphatic carbocycles. The third-order valence-electron chi connectivity index (χ3n) is 2.52. The molecule has 2 rings (SSSR count). The second-order valence-corrected chi connectivity index (χ2v) is 6.64. The van der Waals surface area contributed by atoms with E-state index in [1.807, 2.05) is 7.11 Å². The lowest BCUT2D eigenvalue weighted by Crippen LogP contribution is -2.00. The van der Waals surface area contributed by atoms with Gasteiger partial charge in [0.25, 0.3) is 0 Å². The van der Waals surface area contributed by atoms with Gasteiger partial charge in [-0.05, 0) is 11.0 Å². The Morgan fingerprint density at radius 2 is 1.67 bits per heavy atom. The van der Waals surface area contributed by atoms with Crippen molar-refractivity contribution in [3.63, 3.8) is 0 Å². The molecule has 0 unspecified atom stereocenters. The normalized spacial score (nSPS) is 20.7. The minimum atomic E-state index is -0.406. The van der Waals surface area contributed by atoms with Crippen LogP contribution in [0.1, 0.15) is 26.3 Å². The Morgan fingerprint density at radius 1 is 1.07 bits per heavy atom. The summed E-state index contributed by atoms with van der Waals surface area (Å²) in [4.78, 5) is 0. The van der Waals surface area contributed by atoms with Gasteiger partial charge in [-0.25, -0.2) is 0 Å². The molecule has 15 heavy (non-hydrogen) atoms. The monoisotopic (exact) mass is 220 g/mol. The van der Waals surface area contributed by atoms with Crippen LogP contribution in [0.5, 0.6) is 0 Å². The van der Waals surface area contributed by atoms with Crippen molar-refractivity contribution >= 4 is 13.5 Å². The number of benzene rings is 1. The summed E-state index contributed by atoms with van der Waals surface area (Å²) in [6.45, 7) is 6.77. The molecule has 1 aromatic rings. The van der Waals surface area contributed by atoms with Crippen molar-refractivity contribution in [1.29, 1.82) is 0 Å². The molecular formula is C13H17OP. The highest BCUT2D eigenvalue weighted by molar-refractivity contribution is 7.77. The van der Waals surface area contributed by atoms with Gasteiger partial charge in [-0.3, -0.25) is 0 Å². The largest absolute Gasteiger partial charge is 0.353 e. The van der Waals surface area contributed by atoms with Crippen molar-refractivity contribution in [3.05, 3.63) is 41.2 Å². The molecule has 1 nitrogen and oxygen atoms in total. The van der Waals surface area contributed by atoms with Gasteiger partial charge in [0.05, 0.1) is 8.15 Å². The summed E-state index contributed by atoms with van der Waals surface area (Å²) in [5, 5.41) is 2.95. The minimum Gasteiger partial charge on any atom is -0.353 e. The summed E-state index contributed by atoms with van der Waals surface area (Å²) in [6, 6.07) is 10.6. The van der Waals surface area contributed by atoms with E-state index in [1.165, 1.54) is 16.2 Å². The van der Waals surface area contributed by atoms with Gasteiger partial charge >= 0.3 is 0 Å². The molecule has 0 radical (unpaired) electrons. The minimum absolute atomic E-state index is 0.243. The molecule has 1 aliphatic rings. The van der Waals surface area contributed by atoms with Crippen LogP contribution < -0.4 is 0 Å². The fourth-order valence-corrected chi connectivity index (χ4v) is 4.09. The van der Waals surface area contributed by atoms with E-state index >= 15 is 0 Å². The van der Waals surface area contributed by atoms with Crippen molar-refractivity contribution in [2.75, 3.05) is 7.11 Å². The predicted octanol–water partition coefficient (Wildman–Crippen LogP) is 4.46. The van der Waals surface area contributed by atoms with E-state index in [0.717, 1.165) is 0 Å². The number of hydrogen-bond acceptors (Lipinski definition) is 1. The average Bonchev–Trinajstić information content (AvgIpc) is 2.92. The molecule has 1 heterocycles. The van der Waals surface area contributed by atoms with Crippen LogP contribution in [0, 0.1) is 5.41 Å². The predicted molar refractivity (Wildman–Crippen MR) is 66.7 cm³/mol. The summed E-state index contributed by atoms with van der Waals surface area (Å²) in [6.07, 6.45) is 0. The van der Waals surface area contributed by atoms with Crippen molar-refractivity contribution in [2.45, 2.75) is 20.8 Å². The lowest BCUT2D eigenvalue weighted by Gasteiger charge is -2.14. The highest BCUT2D eigenvalue weighted by atomic mass is 31.1. The molecule has 1 aliphatic heterocycles. The van der Waals surface area contributed by atoms with Crippen LogP contribution >= 0.6 is 8.15 Å². The van der Waals surface area contributed by atoms with Gasteiger partial charge in [-0.15, -0.1) is 0 Å². The van der Waals surface area contributed by atoms with E-state index in [0.29, 0.717) is 0 Å². The molecule has 0 saturated heterocycles. The molecule has 0 N–H and O–H groups in total. The van der Waals surface area contributed by atoms with E-state index in [-0.39, 0.29) is 5.41 Å². The van der Waals surface area contributed by atoms with Gasteiger partial charge in [0.1, 0.15) is 0 Å². The van der Waals surface area contributed by atoms with E-state index in [1.54, 1.807) is 0 Å². The smallest absolute Gasteiger partial charge is 0.0895 e. The van der Waals surface area contributed by atoms with Gasteiger partial charge in [-0.1, -0.05) is 51.1 Å². The number of rotatable bonds is 2. The lowest BCUT2D eigenvalue weighted by atomic mass is 9.95. The second-order valence-electron chi connectivity index (χ2n) is 4.79. The summed E-state index contributed by atoms with van der Waals surface area (Å²) < 4.78 is 5.56. The maximum absolute atomic E-state index is 5.56. The van der Waals surface area contributed by atoms with Gasteiger partial charge in [0.2, 0.25) is 0 Å². The van der Waals surface area contributed by atoms with Crippen LogP contribution in [-0.4, -0.2) is 7.11 Å². The molecule has 0 aromatic heterocycles. The first-order valence-electron chi connectivity index (χ1n) is 5.20. The topological polar surface area (TPSA) is 9.23 Å². The number of allylic oxidation sites excluding steroid dienone is 1. The molecule has 0 amide bonds. The van der Waals surface area contributed by atoms with Crippen LogP contribution in [0.15, 0.2) is 35.6 Å². The van der Waals surface area contributed by atoms with Crippen LogP contribution in [0.4, 0.5) is 0 Å². The van der Waals surface area contributed by atoms with Crippen LogP contribution in [0.25, 0.3) is 5.31 Å². The zero-order valence-corrected chi connectivity index (χ0v) is 10.6. The first-order valence-corrected chi connectivity index (χ1v) is 6.46.